The standard InChI is InChI=1S/C22H29N5O2/c1-14-13-28-19(12-27(14)11-18-9-7-6-8-10-18)21-23-22(29-25-21)15(2)20-16(3)24-26(5)17(20)4/h6-10,14-15,19H,11-13H2,1-5H3/t14-,15?,19?/m0/s1. The van der Waals surface area contributed by atoms with Crippen molar-refractivity contribution in [3.8, 4) is 0 Å². The van der Waals surface area contributed by atoms with Crippen molar-refractivity contribution < 1.29 is 9.26 Å². The molecule has 0 amide bonds. The Balaban J connectivity index is 1.50. The minimum Gasteiger partial charge on any atom is -0.367 e. The van der Waals surface area contributed by atoms with Crippen LogP contribution in [0.4, 0.5) is 0 Å². The van der Waals surface area contributed by atoms with Gasteiger partial charge in [-0.3, -0.25) is 9.58 Å². The molecule has 7 heteroatoms. The molecule has 0 N–H and O–H groups in total. The van der Waals surface area contributed by atoms with E-state index in [9.17, 15) is 0 Å². The van der Waals surface area contributed by atoms with E-state index in [1.54, 1.807) is 0 Å². The summed E-state index contributed by atoms with van der Waals surface area (Å²) < 4.78 is 13.6. The molecule has 0 aliphatic carbocycles. The van der Waals surface area contributed by atoms with Gasteiger partial charge in [-0.2, -0.15) is 10.1 Å². The number of hydrogen-bond donors (Lipinski definition) is 0. The van der Waals surface area contributed by atoms with Crippen molar-refractivity contribution >= 4 is 0 Å². The van der Waals surface area contributed by atoms with Gasteiger partial charge < -0.3 is 9.26 Å². The molecule has 7 nitrogen and oxygen atoms in total. The second-order valence-corrected chi connectivity index (χ2v) is 8.01. The molecule has 0 saturated carbocycles. The van der Waals surface area contributed by atoms with E-state index in [-0.39, 0.29) is 12.0 Å². The van der Waals surface area contributed by atoms with Crippen LogP contribution < -0.4 is 0 Å². The number of benzene rings is 1. The summed E-state index contributed by atoms with van der Waals surface area (Å²) in [5.41, 5.74) is 4.55. The normalized spacial score (nSPS) is 21.4. The van der Waals surface area contributed by atoms with E-state index < -0.39 is 0 Å². The molecular formula is C22H29N5O2. The molecule has 0 spiro atoms. The highest BCUT2D eigenvalue weighted by Gasteiger charge is 2.31. The smallest absolute Gasteiger partial charge is 0.234 e. The van der Waals surface area contributed by atoms with E-state index in [4.69, 9.17) is 14.2 Å². The Morgan fingerprint density at radius 1 is 1.21 bits per heavy atom. The maximum atomic E-state index is 6.05. The van der Waals surface area contributed by atoms with E-state index in [0.29, 0.717) is 24.4 Å². The number of morpholine rings is 1. The van der Waals surface area contributed by atoms with Crippen molar-refractivity contribution in [3.05, 3.63) is 64.6 Å². The zero-order valence-corrected chi connectivity index (χ0v) is 17.8. The summed E-state index contributed by atoms with van der Waals surface area (Å²) in [4.78, 5) is 7.12. The zero-order chi connectivity index (χ0) is 20.5. The number of aromatic nitrogens is 4. The molecule has 4 rings (SSSR count). The predicted octanol–water partition coefficient (Wildman–Crippen LogP) is 3.53. The molecule has 1 fully saturated rings. The topological polar surface area (TPSA) is 69.2 Å². The van der Waals surface area contributed by atoms with Gasteiger partial charge >= 0.3 is 0 Å². The highest BCUT2D eigenvalue weighted by molar-refractivity contribution is 5.31. The van der Waals surface area contributed by atoms with Crippen LogP contribution in [0.25, 0.3) is 0 Å². The van der Waals surface area contributed by atoms with Crippen LogP contribution in [0.2, 0.25) is 0 Å². The second-order valence-electron chi connectivity index (χ2n) is 8.01. The molecule has 1 saturated heterocycles. The van der Waals surface area contributed by atoms with Crippen molar-refractivity contribution in [2.75, 3.05) is 13.2 Å². The third-order valence-electron chi connectivity index (χ3n) is 5.90. The summed E-state index contributed by atoms with van der Waals surface area (Å²) in [6.45, 7) is 10.6. The van der Waals surface area contributed by atoms with Gasteiger partial charge in [-0.05, 0) is 33.3 Å². The first-order chi connectivity index (χ1) is 13.9. The molecule has 3 aromatic rings. The Bertz CT molecular complexity index is 965. The molecule has 2 aromatic heterocycles. The van der Waals surface area contributed by atoms with E-state index in [1.807, 2.05) is 24.7 Å². The molecule has 0 bridgehead atoms. The summed E-state index contributed by atoms with van der Waals surface area (Å²) in [6.07, 6.45) is -0.185. The Morgan fingerprint density at radius 2 is 1.97 bits per heavy atom. The van der Waals surface area contributed by atoms with Crippen LogP contribution in [0.1, 0.15) is 60.1 Å². The summed E-state index contributed by atoms with van der Waals surface area (Å²) in [5.74, 6) is 1.22. The highest BCUT2D eigenvalue weighted by Crippen LogP contribution is 2.30. The van der Waals surface area contributed by atoms with Crippen molar-refractivity contribution in [1.29, 1.82) is 0 Å². The summed E-state index contributed by atoms with van der Waals surface area (Å²) in [7, 11) is 1.95. The molecule has 29 heavy (non-hydrogen) atoms. The number of nitrogens with zero attached hydrogens (tertiary/aromatic N) is 5. The molecule has 1 aromatic carbocycles. The summed E-state index contributed by atoms with van der Waals surface area (Å²) in [6, 6.07) is 10.9. The lowest BCUT2D eigenvalue weighted by molar-refractivity contribution is -0.0676. The lowest BCUT2D eigenvalue weighted by Crippen LogP contribution is -2.44. The van der Waals surface area contributed by atoms with Gasteiger partial charge in [0, 0.05) is 37.4 Å². The second kappa shape index (κ2) is 8.08. The molecule has 1 aliphatic rings. The van der Waals surface area contributed by atoms with Gasteiger partial charge in [-0.15, -0.1) is 0 Å². The molecule has 3 heterocycles. The lowest BCUT2D eigenvalue weighted by Gasteiger charge is -2.36. The fourth-order valence-corrected chi connectivity index (χ4v) is 4.10. The molecule has 0 radical (unpaired) electrons. The number of ether oxygens (including phenoxy) is 1. The van der Waals surface area contributed by atoms with E-state index >= 15 is 0 Å². The first-order valence-corrected chi connectivity index (χ1v) is 10.2. The maximum absolute atomic E-state index is 6.05. The average molecular weight is 396 g/mol. The average Bonchev–Trinajstić information content (AvgIpc) is 3.29. The fourth-order valence-electron chi connectivity index (χ4n) is 4.10. The van der Waals surface area contributed by atoms with Crippen molar-refractivity contribution in [2.24, 2.45) is 7.05 Å². The third kappa shape index (κ3) is 3.97. The lowest BCUT2D eigenvalue weighted by atomic mass is 9.99. The largest absolute Gasteiger partial charge is 0.367 e. The van der Waals surface area contributed by atoms with Gasteiger partial charge in [0.15, 0.2) is 0 Å². The Morgan fingerprint density at radius 3 is 2.66 bits per heavy atom. The summed E-state index contributed by atoms with van der Waals surface area (Å²) >= 11 is 0. The van der Waals surface area contributed by atoms with Gasteiger partial charge in [0.2, 0.25) is 11.7 Å². The fraction of sp³-hybridized carbons (Fsp3) is 0.500. The minimum atomic E-state index is -0.185. The number of rotatable bonds is 5. The van der Waals surface area contributed by atoms with Gasteiger partial charge in [0.1, 0.15) is 6.10 Å². The van der Waals surface area contributed by atoms with E-state index in [0.717, 1.165) is 30.0 Å². The highest BCUT2D eigenvalue weighted by atomic mass is 16.5. The van der Waals surface area contributed by atoms with Gasteiger partial charge in [0.05, 0.1) is 18.2 Å². The molecular weight excluding hydrogens is 366 g/mol. The quantitative estimate of drug-likeness (QED) is 0.658. The Kier molecular flexibility index (Phi) is 5.52. The third-order valence-corrected chi connectivity index (χ3v) is 5.90. The van der Waals surface area contributed by atoms with Crippen molar-refractivity contribution in [3.63, 3.8) is 0 Å². The Hall–Kier alpha value is -2.51. The SMILES string of the molecule is Cc1nn(C)c(C)c1C(C)c1nc(C2CN(Cc3ccccc3)[C@@H](C)CO2)no1. The number of aryl methyl sites for hydroxylation is 2. The van der Waals surface area contributed by atoms with E-state index in [1.165, 1.54) is 5.56 Å². The van der Waals surface area contributed by atoms with Gasteiger partial charge in [-0.25, -0.2) is 0 Å². The predicted molar refractivity (Wildman–Crippen MR) is 110 cm³/mol. The van der Waals surface area contributed by atoms with Gasteiger partial charge in [-0.1, -0.05) is 35.5 Å². The first kappa shape index (κ1) is 19.8. The van der Waals surface area contributed by atoms with Crippen LogP contribution >= 0.6 is 0 Å². The Labute approximate surface area is 171 Å². The summed E-state index contributed by atoms with van der Waals surface area (Å²) in [5, 5.41) is 8.76. The van der Waals surface area contributed by atoms with Crippen LogP contribution in [0.3, 0.4) is 0 Å². The molecule has 154 valence electrons. The van der Waals surface area contributed by atoms with Crippen LogP contribution in [0, 0.1) is 13.8 Å². The minimum absolute atomic E-state index is 0.00659. The first-order valence-electron chi connectivity index (χ1n) is 10.2. The van der Waals surface area contributed by atoms with Gasteiger partial charge in [0.25, 0.3) is 0 Å². The van der Waals surface area contributed by atoms with Crippen molar-refractivity contribution in [2.45, 2.75) is 52.3 Å². The maximum Gasteiger partial charge on any atom is 0.234 e. The van der Waals surface area contributed by atoms with E-state index in [2.05, 4.69) is 60.2 Å². The van der Waals surface area contributed by atoms with Crippen LogP contribution in [-0.2, 0) is 18.3 Å². The zero-order valence-electron chi connectivity index (χ0n) is 17.8. The van der Waals surface area contributed by atoms with Crippen LogP contribution in [0.15, 0.2) is 34.9 Å². The van der Waals surface area contributed by atoms with Crippen LogP contribution in [0.5, 0.6) is 0 Å². The molecule has 3 atom stereocenters. The molecule has 1 aliphatic heterocycles. The monoisotopic (exact) mass is 395 g/mol. The van der Waals surface area contributed by atoms with Crippen LogP contribution in [-0.4, -0.2) is 44.0 Å². The number of hydrogen-bond acceptors (Lipinski definition) is 6. The van der Waals surface area contributed by atoms with Crippen molar-refractivity contribution in [1.82, 2.24) is 24.8 Å². The molecule has 2 unspecified atom stereocenters.